The zero-order chi connectivity index (χ0) is 20.7. The van der Waals surface area contributed by atoms with Crippen LogP contribution in [0.3, 0.4) is 0 Å². The summed E-state index contributed by atoms with van der Waals surface area (Å²) in [6, 6.07) is 9.86. The second kappa shape index (κ2) is 9.94. The van der Waals surface area contributed by atoms with Gasteiger partial charge in [0.1, 0.15) is 5.75 Å². The van der Waals surface area contributed by atoms with Gasteiger partial charge in [0, 0.05) is 6.04 Å². The molecule has 0 aliphatic carbocycles. The summed E-state index contributed by atoms with van der Waals surface area (Å²) in [4.78, 5) is 0. The zero-order valence-electron chi connectivity index (χ0n) is 16.4. The molecule has 2 rings (SSSR count). The van der Waals surface area contributed by atoms with Gasteiger partial charge in [-0.1, -0.05) is 24.3 Å². The molecule has 0 fully saturated rings. The van der Waals surface area contributed by atoms with Gasteiger partial charge in [0.25, 0.3) is 0 Å². The summed E-state index contributed by atoms with van der Waals surface area (Å²) < 4.78 is 45.7. The average Bonchev–Trinajstić information content (AvgIpc) is 2.65. The fourth-order valence-corrected chi connectivity index (χ4v) is 2.94. The third-order valence-electron chi connectivity index (χ3n) is 4.83. The van der Waals surface area contributed by atoms with Crippen LogP contribution in [0.2, 0.25) is 0 Å². The molecule has 3 N–H and O–H groups in total. The van der Waals surface area contributed by atoms with E-state index in [1.54, 1.807) is 6.07 Å². The maximum atomic E-state index is 13.4. The minimum Gasteiger partial charge on any atom is -0.493 e. The van der Waals surface area contributed by atoms with Gasteiger partial charge in [0.05, 0.1) is 18.8 Å². The lowest BCUT2D eigenvalue weighted by Gasteiger charge is -2.16. The third kappa shape index (κ3) is 6.53. The zero-order valence-corrected chi connectivity index (χ0v) is 16.4. The van der Waals surface area contributed by atoms with Gasteiger partial charge in [0.15, 0.2) is 0 Å². The molecular formula is C22H28F3NO2. The fourth-order valence-electron chi connectivity index (χ4n) is 2.94. The number of halogens is 3. The quantitative estimate of drug-likeness (QED) is 0.611. The van der Waals surface area contributed by atoms with Gasteiger partial charge in [-0.25, -0.2) is 0 Å². The molecule has 3 nitrogen and oxygen atoms in total. The van der Waals surface area contributed by atoms with E-state index < -0.39 is 17.8 Å². The minimum atomic E-state index is -4.49. The number of alkyl halides is 3. The van der Waals surface area contributed by atoms with Crippen LogP contribution < -0.4 is 10.5 Å². The van der Waals surface area contributed by atoms with Gasteiger partial charge in [-0.2, -0.15) is 13.2 Å². The van der Waals surface area contributed by atoms with E-state index in [1.165, 1.54) is 17.2 Å². The number of rotatable bonds is 9. The monoisotopic (exact) mass is 395 g/mol. The molecule has 154 valence electrons. The van der Waals surface area contributed by atoms with Crippen molar-refractivity contribution in [2.45, 2.75) is 51.7 Å². The number of hydrogen-bond acceptors (Lipinski definition) is 3. The van der Waals surface area contributed by atoms with Gasteiger partial charge in [-0.05, 0) is 73.9 Å². The molecule has 0 spiro atoms. The second-order valence-electron chi connectivity index (χ2n) is 7.18. The van der Waals surface area contributed by atoms with Gasteiger partial charge < -0.3 is 15.6 Å². The molecule has 0 aliphatic rings. The summed E-state index contributed by atoms with van der Waals surface area (Å²) in [6.07, 6.45) is -2.31. The Balaban J connectivity index is 1.98. The highest BCUT2D eigenvalue weighted by Gasteiger charge is 2.34. The van der Waals surface area contributed by atoms with Crippen LogP contribution in [-0.2, 0) is 19.0 Å². The molecule has 0 bridgehead atoms. The summed E-state index contributed by atoms with van der Waals surface area (Å²) in [7, 11) is 0. The lowest BCUT2D eigenvalue weighted by Crippen LogP contribution is -2.24. The molecular weight excluding hydrogens is 367 g/mol. The van der Waals surface area contributed by atoms with Crippen molar-refractivity contribution in [2.24, 2.45) is 5.73 Å². The summed E-state index contributed by atoms with van der Waals surface area (Å²) >= 11 is 0. The van der Waals surface area contributed by atoms with E-state index in [4.69, 9.17) is 15.6 Å². The van der Waals surface area contributed by atoms with Crippen molar-refractivity contribution in [1.82, 2.24) is 0 Å². The fraction of sp³-hybridized carbons (Fsp3) is 0.455. The second-order valence-corrected chi connectivity index (χ2v) is 7.18. The van der Waals surface area contributed by atoms with Crippen LogP contribution >= 0.6 is 0 Å². The molecule has 6 heteroatoms. The Morgan fingerprint density at radius 2 is 1.68 bits per heavy atom. The Labute approximate surface area is 164 Å². The molecule has 1 unspecified atom stereocenters. The van der Waals surface area contributed by atoms with Crippen LogP contribution in [0.1, 0.15) is 40.7 Å². The van der Waals surface area contributed by atoms with Crippen LogP contribution in [0.15, 0.2) is 36.4 Å². The lowest BCUT2D eigenvalue weighted by atomic mass is 10.0. The molecule has 0 aromatic heterocycles. The number of hydrogen-bond donors (Lipinski definition) is 2. The van der Waals surface area contributed by atoms with Crippen molar-refractivity contribution in [2.75, 3.05) is 13.2 Å². The molecule has 2 aromatic carbocycles. The van der Waals surface area contributed by atoms with Crippen LogP contribution in [-0.4, -0.2) is 24.4 Å². The first-order chi connectivity index (χ1) is 13.2. The first-order valence-electron chi connectivity index (χ1n) is 9.46. The van der Waals surface area contributed by atoms with E-state index in [0.717, 1.165) is 18.1 Å². The lowest BCUT2D eigenvalue weighted by molar-refractivity contribution is -0.139. The molecule has 0 saturated heterocycles. The van der Waals surface area contributed by atoms with Gasteiger partial charge in [0.2, 0.25) is 0 Å². The van der Waals surface area contributed by atoms with Crippen molar-refractivity contribution in [1.29, 1.82) is 0 Å². The van der Waals surface area contributed by atoms with E-state index in [1.807, 2.05) is 19.9 Å². The SMILES string of the molecule is Cc1ccc(CCCOc2ccc(CCC(N)CO)cc2C(F)(F)F)cc1C. The van der Waals surface area contributed by atoms with Crippen molar-refractivity contribution >= 4 is 0 Å². The van der Waals surface area contributed by atoms with Gasteiger partial charge in [-0.3, -0.25) is 0 Å². The smallest absolute Gasteiger partial charge is 0.419 e. The largest absolute Gasteiger partial charge is 0.493 e. The molecule has 1 atom stereocenters. The predicted octanol–water partition coefficient (Wildman–Crippen LogP) is 4.59. The van der Waals surface area contributed by atoms with Gasteiger partial charge >= 0.3 is 6.18 Å². The maximum Gasteiger partial charge on any atom is 0.419 e. The Morgan fingerprint density at radius 3 is 2.32 bits per heavy atom. The van der Waals surface area contributed by atoms with E-state index >= 15 is 0 Å². The maximum absolute atomic E-state index is 13.4. The normalized spacial score (nSPS) is 12.8. The van der Waals surface area contributed by atoms with Crippen LogP contribution in [0.4, 0.5) is 13.2 Å². The highest BCUT2D eigenvalue weighted by Crippen LogP contribution is 2.37. The van der Waals surface area contributed by atoms with Crippen LogP contribution in [0.25, 0.3) is 0 Å². The van der Waals surface area contributed by atoms with E-state index in [-0.39, 0.29) is 19.0 Å². The first kappa shape index (κ1) is 22.2. The van der Waals surface area contributed by atoms with Crippen molar-refractivity contribution in [3.8, 4) is 5.75 Å². The summed E-state index contributed by atoms with van der Waals surface area (Å²) in [5.74, 6) is -0.150. The highest BCUT2D eigenvalue weighted by molar-refractivity contribution is 5.39. The van der Waals surface area contributed by atoms with Crippen molar-refractivity contribution in [3.63, 3.8) is 0 Å². The van der Waals surface area contributed by atoms with E-state index in [9.17, 15) is 13.2 Å². The van der Waals surface area contributed by atoms with E-state index in [2.05, 4.69) is 12.1 Å². The summed E-state index contributed by atoms with van der Waals surface area (Å²) in [5, 5.41) is 8.95. The molecule has 0 heterocycles. The molecule has 28 heavy (non-hydrogen) atoms. The summed E-state index contributed by atoms with van der Waals surface area (Å²) in [6.45, 7) is 4.11. The number of aryl methyl sites for hydroxylation is 4. The van der Waals surface area contributed by atoms with Crippen LogP contribution in [0.5, 0.6) is 5.75 Å². The standard InChI is InChI=1S/C22H28F3NO2/c1-15-5-6-17(12-16(15)2)4-3-11-28-21-10-8-18(7-9-19(26)14-27)13-20(21)22(23,24)25/h5-6,8,10,12-13,19,27H,3-4,7,9,11,14,26H2,1-2H3. The van der Waals surface area contributed by atoms with Gasteiger partial charge in [-0.15, -0.1) is 0 Å². The Morgan fingerprint density at radius 1 is 1.00 bits per heavy atom. The molecule has 0 aliphatic heterocycles. The predicted molar refractivity (Wildman–Crippen MR) is 105 cm³/mol. The number of aliphatic hydroxyl groups excluding tert-OH is 1. The van der Waals surface area contributed by atoms with Crippen molar-refractivity contribution in [3.05, 3.63) is 64.2 Å². The highest BCUT2D eigenvalue weighted by atomic mass is 19.4. The van der Waals surface area contributed by atoms with Crippen molar-refractivity contribution < 1.29 is 23.0 Å². The van der Waals surface area contributed by atoms with Crippen LogP contribution in [0, 0.1) is 13.8 Å². The molecule has 0 radical (unpaired) electrons. The van der Waals surface area contributed by atoms with E-state index in [0.29, 0.717) is 24.8 Å². The number of benzene rings is 2. The first-order valence-corrected chi connectivity index (χ1v) is 9.46. The Hall–Kier alpha value is -2.05. The minimum absolute atomic E-state index is 0.150. The molecule has 0 amide bonds. The molecule has 2 aromatic rings. The number of ether oxygens (including phenoxy) is 1. The Bertz CT molecular complexity index is 775. The topological polar surface area (TPSA) is 55.5 Å². The number of nitrogens with two attached hydrogens (primary N) is 1. The third-order valence-corrected chi connectivity index (χ3v) is 4.83. The average molecular weight is 395 g/mol. The number of aliphatic hydroxyl groups is 1. The molecule has 0 saturated carbocycles. The summed E-state index contributed by atoms with van der Waals surface area (Å²) in [5.41, 5.74) is 8.95. The Kier molecular flexibility index (Phi) is 7.89.